The molecule has 2 aliphatic heterocycles. The van der Waals surface area contributed by atoms with E-state index in [2.05, 4.69) is 0 Å². The van der Waals surface area contributed by atoms with E-state index in [1.807, 2.05) is 78.9 Å². The van der Waals surface area contributed by atoms with Gasteiger partial charge in [-0.3, -0.25) is 14.6 Å². The number of amides is 2. The molecule has 5 nitrogen and oxygen atoms in total. The van der Waals surface area contributed by atoms with Crippen molar-refractivity contribution in [2.75, 3.05) is 9.91 Å². The van der Waals surface area contributed by atoms with E-state index >= 15 is 0 Å². The first-order valence-electron chi connectivity index (χ1n) is 9.17. The molecule has 3 aromatic carbocycles. The summed E-state index contributed by atoms with van der Waals surface area (Å²) < 4.78 is 0. The van der Waals surface area contributed by atoms with Gasteiger partial charge in [-0.15, -0.1) is 0 Å². The maximum atomic E-state index is 13.4. The van der Waals surface area contributed by atoms with Crippen molar-refractivity contribution in [3.8, 4) is 0 Å². The molecule has 0 aliphatic carbocycles. The molecule has 0 spiro atoms. The molecule has 2 heterocycles. The molecular formula is C23H17N3O2. The quantitative estimate of drug-likeness (QED) is 0.666. The molecular weight excluding hydrogens is 350 g/mol. The standard InChI is InChI=1S/C23H17N3O2/c27-22-19-20(16-10-4-1-5-11-16)24-26(18-14-8-3-9-15-18)21(19)23(28)25(22)17-12-6-2-7-13-17/h1-15,19,21H/t19-,21-/m0/s1. The van der Waals surface area contributed by atoms with Gasteiger partial charge < -0.3 is 0 Å². The minimum Gasteiger partial charge on any atom is -0.273 e. The van der Waals surface area contributed by atoms with E-state index in [9.17, 15) is 9.59 Å². The van der Waals surface area contributed by atoms with Gasteiger partial charge in [0.25, 0.3) is 5.91 Å². The number of imide groups is 1. The van der Waals surface area contributed by atoms with Crippen molar-refractivity contribution in [1.29, 1.82) is 0 Å². The first kappa shape index (κ1) is 16.4. The third-order valence-electron chi connectivity index (χ3n) is 5.15. The van der Waals surface area contributed by atoms with E-state index in [1.54, 1.807) is 17.1 Å². The predicted molar refractivity (Wildman–Crippen MR) is 108 cm³/mol. The van der Waals surface area contributed by atoms with Crippen LogP contribution in [0.25, 0.3) is 0 Å². The molecule has 2 atom stereocenters. The Kier molecular flexibility index (Phi) is 3.79. The summed E-state index contributed by atoms with van der Waals surface area (Å²) in [6.07, 6.45) is 0. The number of rotatable bonds is 3. The van der Waals surface area contributed by atoms with Gasteiger partial charge in [-0.1, -0.05) is 66.7 Å². The van der Waals surface area contributed by atoms with Crippen molar-refractivity contribution in [1.82, 2.24) is 0 Å². The van der Waals surface area contributed by atoms with Crippen LogP contribution in [-0.2, 0) is 9.59 Å². The van der Waals surface area contributed by atoms with Crippen molar-refractivity contribution in [3.63, 3.8) is 0 Å². The van der Waals surface area contributed by atoms with Gasteiger partial charge in [-0.05, 0) is 29.8 Å². The van der Waals surface area contributed by atoms with Crippen LogP contribution in [0, 0.1) is 5.92 Å². The minimum atomic E-state index is -0.676. The lowest BCUT2D eigenvalue weighted by Gasteiger charge is -2.22. The first-order chi connectivity index (χ1) is 13.8. The maximum Gasteiger partial charge on any atom is 0.259 e. The number of para-hydroxylation sites is 2. The van der Waals surface area contributed by atoms with Crippen LogP contribution < -0.4 is 9.91 Å². The van der Waals surface area contributed by atoms with Crippen molar-refractivity contribution in [2.24, 2.45) is 11.0 Å². The third kappa shape index (κ3) is 2.44. The molecule has 28 heavy (non-hydrogen) atoms. The third-order valence-corrected chi connectivity index (χ3v) is 5.15. The zero-order chi connectivity index (χ0) is 19.1. The molecule has 0 saturated carbocycles. The molecule has 5 rings (SSSR count). The number of hydrazone groups is 1. The van der Waals surface area contributed by atoms with Gasteiger partial charge in [0.1, 0.15) is 12.0 Å². The van der Waals surface area contributed by atoms with Gasteiger partial charge in [-0.2, -0.15) is 5.10 Å². The van der Waals surface area contributed by atoms with Crippen LogP contribution in [0.1, 0.15) is 5.56 Å². The molecule has 5 heteroatoms. The zero-order valence-electron chi connectivity index (χ0n) is 15.0. The summed E-state index contributed by atoms with van der Waals surface area (Å²) in [5.41, 5.74) is 2.87. The van der Waals surface area contributed by atoms with Gasteiger partial charge in [0, 0.05) is 0 Å². The maximum absolute atomic E-state index is 13.4. The van der Waals surface area contributed by atoms with E-state index in [-0.39, 0.29) is 11.8 Å². The minimum absolute atomic E-state index is 0.234. The summed E-state index contributed by atoms with van der Waals surface area (Å²) in [6, 6.07) is 27.5. The highest BCUT2D eigenvalue weighted by Crippen LogP contribution is 2.39. The summed E-state index contributed by atoms with van der Waals surface area (Å²) >= 11 is 0. The molecule has 2 amide bonds. The van der Waals surface area contributed by atoms with E-state index in [1.165, 1.54) is 4.90 Å². The molecule has 1 fully saturated rings. The fourth-order valence-corrected chi connectivity index (χ4v) is 3.89. The summed E-state index contributed by atoms with van der Waals surface area (Å²) in [4.78, 5) is 28.0. The number of benzene rings is 3. The number of hydrogen-bond donors (Lipinski definition) is 0. The Morgan fingerprint density at radius 2 is 1.18 bits per heavy atom. The molecule has 2 aliphatic rings. The van der Waals surface area contributed by atoms with Crippen molar-refractivity contribution >= 4 is 28.9 Å². The highest BCUT2D eigenvalue weighted by molar-refractivity contribution is 6.34. The second-order valence-corrected chi connectivity index (χ2v) is 6.80. The fourth-order valence-electron chi connectivity index (χ4n) is 3.89. The first-order valence-corrected chi connectivity index (χ1v) is 9.17. The monoisotopic (exact) mass is 367 g/mol. The number of fused-ring (bicyclic) bond motifs is 1. The molecule has 0 N–H and O–H groups in total. The number of anilines is 2. The predicted octanol–water partition coefficient (Wildman–Crippen LogP) is 3.47. The summed E-state index contributed by atoms with van der Waals surface area (Å²) in [6.45, 7) is 0. The van der Waals surface area contributed by atoms with Crippen molar-refractivity contribution in [3.05, 3.63) is 96.6 Å². The average Bonchev–Trinajstić information content (AvgIpc) is 3.27. The van der Waals surface area contributed by atoms with E-state index in [0.717, 1.165) is 11.3 Å². The lowest BCUT2D eigenvalue weighted by molar-refractivity contribution is -0.121. The van der Waals surface area contributed by atoms with Crippen LogP contribution in [0.2, 0.25) is 0 Å². The van der Waals surface area contributed by atoms with E-state index in [4.69, 9.17) is 5.10 Å². The largest absolute Gasteiger partial charge is 0.273 e. The van der Waals surface area contributed by atoms with Crippen LogP contribution in [0.3, 0.4) is 0 Å². The van der Waals surface area contributed by atoms with Gasteiger partial charge in [0.05, 0.1) is 17.1 Å². The number of nitrogens with zero attached hydrogens (tertiary/aromatic N) is 3. The average molecular weight is 367 g/mol. The summed E-state index contributed by atoms with van der Waals surface area (Å²) in [5.74, 6) is -1.11. The highest BCUT2D eigenvalue weighted by atomic mass is 16.2. The normalized spacial score (nSPS) is 21.1. The molecule has 0 radical (unpaired) electrons. The Morgan fingerprint density at radius 1 is 0.643 bits per heavy atom. The Morgan fingerprint density at radius 3 is 1.79 bits per heavy atom. The van der Waals surface area contributed by atoms with Crippen LogP contribution in [-0.4, -0.2) is 23.6 Å². The van der Waals surface area contributed by atoms with Crippen LogP contribution in [0.15, 0.2) is 96.1 Å². The van der Waals surface area contributed by atoms with Gasteiger partial charge in [-0.25, -0.2) is 4.90 Å². The van der Waals surface area contributed by atoms with E-state index in [0.29, 0.717) is 11.4 Å². The van der Waals surface area contributed by atoms with Crippen LogP contribution >= 0.6 is 0 Å². The van der Waals surface area contributed by atoms with Crippen molar-refractivity contribution in [2.45, 2.75) is 6.04 Å². The Balaban J connectivity index is 1.64. The molecule has 0 aromatic heterocycles. The van der Waals surface area contributed by atoms with Gasteiger partial charge >= 0.3 is 0 Å². The number of carbonyl (C=O) groups excluding carboxylic acids is 2. The summed E-state index contributed by atoms with van der Waals surface area (Å²) in [7, 11) is 0. The lowest BCUT2D eigenvalue weighted by atomic mass is 9.93. The smallest absolute Gasteiger partial charge is 0.259 e. The van der Waals surface area contributed by atoms with Crippen LogP contribution in [0.5, 0.6) is 0 Å². The second kappa shape index (κ2) is 6.46. The highest BCUT2D eigenvalue weighted by Gasteiger charge is 2.57. The molecule has 3 aromatic rings. The summed E-state index contributed by atoms with van der Waals surface area (Å²) in [5, 5.41) is 6.41. The van der Waals surface area contributed by atoms with Crippen LogP contribution in [0.4, 0.5) is 11.4 Å². The molecule has 0 bridgehead atoms. The second-order valence-electron chi connectivity index (χ2n) is 6.80. The van der Waals surface area contributed by atoms with Gasteiger partial charge in [0.15, 0.2) is 0 Å². The van der Waals surface area contributed by atoms with E-state index < -0.39 is 12.0 Å². The number of hydrogen-bond acceptors (Lipinski definition) is 4. The number of carbonyl (C=O) groups is 2. The fraction of sp³-hybridized carbons (Fsp3) is 0.0870. The molecule has 136 valence electrons. The topological polar surface area (TPSA) is 53.0 Å². The van der Waals surface area contributed by atoms with Crippen molar-refractivity contribution < 1.29 is 9.59 Å². The molecule has 0 unspecified atom stereocenters. The Hall–Kier alpha value is -3.73. The molecule has 1 saturated heterocycles. The Bertz CT molecular complexity index is 1060. The Labute approximate surface area is 162 Å². The zero-order valence-corrected chi connectivity index (χ0v) is 15.0. The van der Waals surface area contributed by atoms with Gasteiger partial charge in [0.2, 0.25) is 5.91 Å². The SMILES string of the molecule is O=C1[C@H]2C(c3ccccc3)=NN(c3ccccc3)[C@@H]2C(=O)N1c1ccccc1. The lowest BCUT2D eigenvalue weighted by Crippen LogP contribution is -2.39.